The van der Waals surface area contributed by atoms with Crippen LogP contribution in [0.1, 0.15) is 81.8 Å². The number of halogens is 2. The van der Waals surface area contributed by atoms with Crippen LogP contribution in [-0.4, -0.2) is 4.21 Å². The summed E-state index contributed by atoms with van der Waals surface area (Å²) >= 11 is -4.35. The monoisotopic (exact) mass is 752 g/mol. The second-order valence-corrected chi connectivity index (χ2v) is 29.8. The first-order chi connectivity index (χ1) is 22.6. The van der Waals surface area contributed by atoms with E-state index in [1.54, 1.807) is 12.1 Å². The van der Waals surface area contributed by atoms with Gasteiger partial charge in [-0.2, -0.15) is 0 Å². The fourth-order valence-corrected chi connectivity index (χ4v) is 30.6. The van der Waals surface area contributed by atoms with Gasteiger partial charge in [-0.1, -0.05) is 0 Å². The van der Waals surface area contributed by atoms with E-state index in [1.165, 1.54) is 111 Å². The zero-order chi connectivity index (χ0) is 31.0. The first-order valence-corrected chi connectivity index (χ1v) is 26.1. The molecule has 0 bridgehead atoms. The second kappa shape index (κ2) is 14.9. The van der Waals surface area contributed by atoms with Crippen LogP contribution in [0.5, 0.6) is 0 Å². The molecule has 4 aliphatic rings. The van der Waals surface area contributed by atoms with Crippen LogP contribution < -0.4 is 3.27 Å². The third-order valence-electron chi connectivity index (χ3n) is 12.5. The van der Waals surface area contributed by atoms with Gasteiger partial charge in [-0.15, -0.1) is 24.8 Å². The van der Waals surface area contributed by atoms with Gasteiger partial charge in [0.15, 0.2) is 0 Å². The van der Waals surface area contributed by atoms with Gasteiger partial charge in [0.25, 0.3) is 0 Å². The Bertz CT molecular complexity index is 1830. The summed E-state index contributed by atoms with van der Waals surface area (Å²) in [5.41, 5.74) is 11.8. The summed E-state index contributed by atoms with van der Waals surface area (Å²) in [5, 5.41) is 0. The average Bonchev–Trinajstić information content (AvgIpc) is 3.79. The third kappa shape index (κ3) is 6.38. The maximum absolute atomic E-state index is 6.00. The molecule has 0 saturated heterocycles. The Labute approximate surface area is 302 Å². The zero-order valence-corrected chi connectivity index (χ0v) is 32.6. The molecule has 3 heteroatoms. The van der Waals surface area contributed by atoms with E-state index in [-0.39, 0.29) is 24.8 Å². The van der Waals surface area contributed by atoms with Gasteiger partial charge in [0, 0.05) is 0 Å². The van der Waals surface area contributed by atoms with Gasteiger partial charge >= 0.3 is 280 Å². The van der Waals surface area contributed by atoms with Crippen LogP contribution in [-0.2, 0) is 24.7 Å². The van der Waals surface area contributed by atoms with E-state index in [0.29, 0.717) is 0 Å². The third-order valence-corrected chi connectivity index (χ3v) is 29.8. The molecule has 0 N–H and O–H groups in total. The predicted molar refractivity (Wildman–Crippen MR) is 211 cm³/mol. The fourth-order valence-electron chi connectivity index (χ4n) is 10.6. The summed E-state index contributed by atoms with van der Waals surface area (Å²) in [5.74, 6) is 1.59. The van der Waals surface area contributed by atoms with Gasteiger partial charge in [-0.25, -0.2) is 0 Å². The van der Waals surface area contributed by atoms with Crippen molar-refractivity contribution in [1.82, 2.24) is 0 Å². The van der Waals surface area contributed by atoms with Crippen LogP contribution in [0, 0.1) is 11.8 Å². The number of hydrogen-bond acceptors (Lipinski definition) is 0. The van der Waals surface area contributed by atoms with Crippen molar-refractivity contribution in [2.24, 2.45) is 11.8 Å². The minimum atomic E-state index is -4.35. The van der Waals surface area contributed by atoms with Crippen molar-refractivity contribution in [2.75, 3.05) is 0 Å². The standard InChI is InChI=1S/C25H17.2C7H13.C5H5.CH2.2ClH.Zr/c1-3-9-18(10-4-1)23-16-21-15-20-13-7-8-14-22(20)25(21)17-24(23)19-11-5-2-6-12-19;2*1-7-5-3-2-4-6-7;1-2-4-5-3-1;;;;/h1-14,17H,15H2;2*7H,1-6H2;1-3H,4H2;1H2;2*1H;. The molecule has 0 spiro atoms. The van der Waals surface area contributed by atoms with E-state index in [4.69, 9.17) is 4.21 Å². The molecule has 0 amide bonds. The van der Waals surface area contributed by atoms with E-state index in [2.05, 4.69) is 109 Å². The molecular weight excluding hydrogens is 703 g/mol. The van der Waals surface area contributed by atoms with Crippen LogP contribution in [0.25, 0.3) is 33.4 Å². The SMILES string of the molecule is Cl.Cl.[CH2]=[Zr]([CH2]C1CCCCC1)([CH2]C1CCCCC1)([C]1=CC=CC1)[c]1c2c(cc(-c3ccccc3)c1-c1ccccc1)-c1ccccc1C2. The van der Waals surface area contributed by atoms with Crippen molar-refractivity contribution in [2.45, 2.75) is 85.3 Å². The van der Waals surface area contributed by atoms with E-state index in [9.17, 15) is 0 Å². The Balaban J connectivity index is 0.00000201. The van der Waals surface area contributed by atoms with Gasteiger partial charge in [-0.05, 0) is 0 Å². The summed E-state index contributed by atoms with van der Waals surface area (Å²) in [4.78, 5) is 0. The predicted octanol–water partition coefficient (Wildman–Crippen LogP) is 13.0. The van der Waals surface area contributed by atoms with Gasteiger partial charge in [0.1, 0.15) is 0 Å². The van der Waals surface area contributed by atoms with Crippen molar-refractivity contribution in [3.63, 3.8) is 0 Å². The molecule has 4 aliphatic carbocycles. The van der Waals surface area contributed by atoms with Crippen LogP contribution in [0.3, 0.4) is 0 Å². The summed E-state index contributed by atoms with van der Waals surface area (Å²) in [6.45, 7) is 0. The molecule has 0 aromatic heterocycles. The van der Waals surface area contributed by atoms with Crippen LogP contribution in [0.15, 0.2) is 113 Å². The van der Waals surface area contributed by atoms with Crippen LogP contribution in [0.2, 0.25) is 8.26 Å². The summed E-state index contributed by atoms with van der Waals surface area (Å²) in [6, 6.07) is 34.8. The molecule has 2 fully saturated rings. The van der Waals surface area contributed by atoms with Crippen molar-refractivity contribution in [1.29, 1.82) is 0 Å². The van der Waals surface area contributed by atoms with Gasteiger partial charge in [-0.3, -0.25) is 0 Å². The molecule has 8 rings (SSSR count). The molecule has 48 heavy (non-hydrogen) atoms. The normalized spacial score (nSPS) is 18.0. The quantitative estimate of drug-likeness (QED) is 0.148. The first-order valence-electron chi connectivity index (χ1n) is 18.4. The molecule has 250 valence electrons. The Morgan fingerprint density at radius 3 is 1.75 bits per heavy atom. The molecule has 2 saturated carbocycles. The first kappa shape index (κ1) is 35.5. The number of fused-ring (bicyclic) bond motifs is 3. The van der Waals surface area contributed by atoms with E-state index in [1.807, 2.05) is 0 Å². The average molecular weight is 755 g/mol. The van der Waals surface area contributed by atoms with Crippen molar-refractivity contribution in [3.8, 4) is 33.4 Å². The molecule has 0 atom stereocenters. The Morgan fingerprint density at radius 2 is 1.17 bits per heavy atom. The number of rotatable bonds is 8. The molecule has 4 aromatic carbocycles. The maximum atomic E-state index is 6.00. The molecule has 0 nitrogen and oxygen atoms in total. The van der Waals surface area contributed by atoms with Gasteiger partial charge in [0.05, 0.1) is 0 Å². The molecule has 0 radical (unpaired) electrons. The molecular formula is C45H52Cl2Zr. The van der Waals surface area contributed by atoms with Gasteiger partial charge in [0.2, 0.25) is 0 Å². The molecule has 0 heterocycles. The fraction of sp³-hybridized carbons (Fsp3) is 0.356. The van der Waals surface area contributed by atoms with Gasteiger partial charge < -0.3 is 0 Å². The van der Waals surface area contributed by atoms with Crippen LogP contribution >= 0.6 is 24.8 Å². The van der Waals surface area contributed by atoms with Crippen molar-refractivity contribution < 1.29 is 18.3 Å². The summed E-state index contributed by atoms with van der Waals surface area (Å²) in [6.07, 6.45) is 23.6. The zero-order valence-electron chi connectivity index (χ0n) is 28.5. The van der Waals surface area contributed by atoms with E-state index in [0.717, 1.165) is 24.7 Å². The Morgan fingerprint density at radius 1 is 0.604 bits per heavy atom. The minimum absolute atomic E-state index is 0. The topological polar surface area (TPSA) is 0 Å². The number of allylic oxidation sites excluding steroid dienone is 4. The van der Waals surface area contributed by atoms with Crippen molar-refractivity contribution in [3.05, 3.63) is 124 Å². The molecule has 4 aromatic rings. The second-order valence-electron chi connectivity index (χ2n) is 15.4. The van der Waals surface area contributed by atoms with Crippen LogP contribution in [0.4, 0.5) is 0 Å². The molecule has 0 aliphatic heterocycles. The van der Waals surface area contributed by atoms with E-state index < -0.39 is 18.3 Å². The summed E-state index contributed by atoms with van der Waals surface area (Å²) in [7, 11) is 0. The van der Waals surface area contributed by atoms with Crippen molar-refractivity contribution >= 4 is 32.3 Å². The van der Waals surface area contributed by atoms with E-state index >= 15 is 0 Å². The molecule has 0 unspecified atom stereocenters. The number of benzene rings is 4. The number of hydrogen-bond donors (Lipinski definition) is 0. The summed E-state index contributed by atoms with van der Waals surface area (Å²) < 4.78 is 12.3. The Kier molecular flexibility index (Phi) is 11.0. The Hall–Kier alpha value is -2.31.